The fourth-order valence-electron chi connectivity index (χ4n) is 4.33. The van der Waals surface area contributed by atoms with Gasteiger partial charge in [0.05, 0.1) is 0 Å². The van der Waals surface area contributed by atoms with Gasteiger partial charge in [0.1, 0.15) is 8.07 Å². The van der Waals surface area contributed by atoms with Gasteiger partial charge in [-0.25, -0.2) is 0 Å². The molecule has 1 aliphatic heterocycles. The highest BCUT2D eigenvalue weighted by atomic mass is 28.3. The standard InChI is InChI=1S/C21H18Si/c1-22(2)20-10-6-5-9-17(20)19-13-18-15(12-21(19)22)11-14-7-3-4-8-16(14)18/h3-10,12-13H,11H2,1-2H3. The van der Waals surface area contributed by atoms with E-state index >= 15 is 0 Å². The van der Waals surface area contributed by atoms with Gasteiger partial charge in [-0.1, -0.05) is 67.7 Å². The van der Waals surface area contributed by atoms with Crippen LogP contribution in [0.3, 0.4) is 0 Å². The molecule has 0 saturated carbocycles. The van der Waals surface area contributed by atoms with E-state index in [0.717, 1.165) is 6.42 Å². The Labute approximate surface area is 132 Å². The number of rotatable bonds is 0. The second kappa shape index (κ2) is 3.99. The van der Waals surface area contributed by atoms with Gasteiger partial charge < -0.3 is 0 Å². The van der Waals surface area contributed by atoms with Crippen molar-refractivity contribution in [2.75, 3.05) is 0 Å². The largest absolute Gasteiger partial charge is 0.113 e. The summed E-state index contributed by atoms with van der Waals surface area (Å²) < 4.78 is 0. The van der Waals surface area contributed by atoms with Crippen molar-refractivity contribution < 1.29 is 0 Å². The summed E-state index contributed by atoms with van der Waals surface area (Å²) in [5.74, 6) is 0. The van der Waals surface area contributed by atoms with Gasteiger partial charge in [0, 0.05) is 0 Å². The van der Waals surface area contributed by atoms with Crippen molar-refractivity contribution in [2.24, 2.45) is 0 Å². The summed E-state index contributed by atoms with van der Waals surface area (Å²) in [6.45, 7) is 4.98. The molecule has 0 bridgehead atoms. The molecule has 0 fully saturated rings. The van der Waals surface area contributed by atoms with Crippen LogP contribution in [0.5, 0.6) is 0 Å². The van der Waals surface area contributed by atoms with Gasteiger partial charge in [-0.2, -0.15) is 0 Å². The summed E-state index contributed by atoms with van der Waals surface area (Å²) in [6.07, 6.45) is 1.10. The van der Waals surface area contributed by atoms with Crippen LogP contribution in [0.4, 0.5) is 0 Å². The minimum atomic E-state index is -1.53. The van der Waals surface area contributed by atoms with E-state index in [1.54, 1.807) is 10.4 Å². The Bertz CT molecular complexity index is 934. The summed E-state index contributed by atoms with van der Waals surface area (Å²) in [5.41, 5.74) is 8.85. The summed E-state index contributed by atoms with van der Waals surface area (Å²) in [7, 11) is -1.53. The molecule has 0 saturated heterocycles. The normalized spacial score (nSPS) is 15.9. The van der Waals surface area contributed by atoms with Crippen molar-refractivity contribution in [3.8, 4) is 22.3 Å². The van der Waals surface area contributed by atoms with Gasteiger partial charge in [0.15, 0.2) is 0 Å². The van der Waals surface area contributed by atoms with E-state index in [2.05, 4.69) is 73.8 Å². The quantitative estimate of drug-likeness (QED) is 0.429. The van der Waals surface area contributed by atoms with E-state index in [-0.39, 0.29) is 0 Å². The van der Waals surface area contributed by atoms with Crippen LogP contribution < -0.4 is 10.4 Å². The maximum Gasteiger partial charge on any atom is 0.113 e. The Balaban J connectivity index is 1.84. The maximum absolute atomic E-state index is 2.52. The van der Waals surface area contributed by atoms with Gasteiger partial charge in [0.2, 0.25) is 0 Å². The molecule has 1 heterocycles. The fourth-order valence-corrected chi connectivity index (χ4v) is 7.44. The lowest BCUT2D eigenvalue weighted by molar-refractivity contribution is 1.27. The molecule has 1 heteroatoms. The van der Waals surface area contributed by atoms with Crippen LogP contribution in [-0.2, 0) is 6.42 Å². The lowest BCUT2D eigenvalue weighted by atomic mass is 9.99. The van der Waals surface area contributed by atoms with Crippen molar-refractivity contribution >= 4 is 18.4 Å². The molecular weight excluding hydrogens is 280 g/mol. The third-order valence-corrected chi connectivity index (χ3v) is 9.04. The SMILES string of the molecule is C[Si]1(C)c2ccccc2-c2cc3c(cc21)Cc1ccccc1-3. The highest BCUT2D eigenvalue weighted by Crippen LogP contribution is 2.40. The van der Waals surface area contributed by atoms with E-state index in [1.165, 1.54) is 33.4 Å². The molecule has 0 atom stereocenters. The first kappa shape index (κ1) is 12.4. The highest BCUT2D eigenvalue weighted by molar-refractivity contribution is 7.03. The molecule has 106 valence electrons. The summed E-state index contributed by atoms with van der Waals surface area (Å²) >= 11 is 0. The second-order valence-electron chi connectivity index (χ2n) is 7.06. The monoisotopic (exact) mass is 298 g/mol. The molecule has 22 heavy (non-hydrogen) atoms. The van der Waals surface area contributed by atoms with Crippen molar-refractivity contribution in [1.29, 1.82) is 0 Å². The molecule has 0 radical (unpaired) electrons. The molecule has 3 aromatic carbocycles. The Kier molecular flexibility index (Phi) is 2.25. The summed E-state index contributed by atoms with van der Waals surface area (Å²) in [5, 5.41) is 3.22. The Morgan fingerprint density at radius 1 is 0.636 bits per heavy atom. The smallest absolute Gasteiger partial charge is 0.0623 e. The van der Waals surface area contributed by atoms with Crippen LogP contribution in [0.2, 0.25) is 13.1 Å². The predicted octanol–water partition coefficient (Wildman–Crippen LogP) is 4.06. The van der Waals surface area contributed by atoms with Crippen LogP contribution in [0.15, 0.2) is 60.7 Å². The molecular formula is C21H18Si. The zero-order valence-electron chi connectivity index (χ0n) is 13.0. The van der Waals surface area contributed by atoms with Crippen LogP contribution in [-0.4, -0.2) is 8.07 Å². The average molecular weight is 298 g/mol. The minimum Gasteiger partial charge on any atom is -0.0623 e. The van der Waals surface area contributed by atoms with Crippen molar-refractivity contribution in [1.82, 2.24) is 0 Å². The Hall–Kier alpha value is -2.12. The third-order valence-electron chi connectivity index (χ3n) is 5.50. The zero-order valence-corrected chi connectivity index (χ0v) is 14.0. The topological polar surface area (TPSA) is 0 Å². The molecule has 0 nitrogen and oxygen atoms in total. The van der Waals surface area contributed by atoms with Crippen LogP contribution in [0.1, 0.15) is 11.1 Å². The van der Waals surface area contributed by atoms with Crippen molar-refractivity contribution in [3.05, 3.63) is 71.8 Å². The Morgan fingerprint density at radius 3 is 2.23 bits per heavy atom. The summed E-state index contributed by atoms with van der Waals surface area (Å²) in [4.78, 5) is 0. The molecule has 0 spiro atoms. The second-order valence-corrected chi connectivity index (χ2v) is 11.4. The molecule has 1 aliphatic carbocycles. The van der Waals surface area contributed by atoms with Crippen LogP contribution in [0, 0.1) is 0 Å². The predicted molar refractivity (Wildman–Crippen MR) is 96.9 cm³/mol. The highest BCUT2D eigenvalue weighted by Gasteiger charge is 2.38. The number of hydrogen-bond acceptors (Lipinski definition) is 0. The summed E-state index contributed by atoms with van der Waals surface area (Å²) in [6, 6.07) is 22.9. The Morgan fingerprint density at radius 2 is 1.36 bits per heavy atom. The molecule has 3 aromatic rings. The molecule has 5 rings (SSSR count). The van der Waals surface area contributed by atoms with E-state index in [9.17, 15) is 0 Å². The van der Waals surface area contributed by atoms with Crippen LogP contribution in [0.25, 0.3) is 22.3 Å². The van der Waals surface area contributed by atoms with Gasteiger partial charge in [-0.05, 0) is 56.2 Å². The minimum absolute atomic E-state index is 1.10. The first-order chi connectivity index (χ1) is 10.7. The maximum atomic E-state index is 2.52. The van der Waals surface area contributed by atoms with Crippen LogP contribution >= 0.6 is 0 Å². The molecule has 2 aliphatic rings. The first-order valence-electron chi connectivity index (χ1n) is 8.02. The van der Waals surface area contributed by atoms with E-state index in [1.807, 2.05) is 0 Å². The lowest BCUT2D eigenvalue weighted by Crippen LogP contribution is -2.49. The van der Waals surface area contributed by atoms with Gasteiger partial charge in [0.25, 0.3) is 0 Å². The third kappa shape index (κ3) is 1.42. The molecule has 0 unspecified atom stereocenters. The molecule has 0 N–H and O–H groups in total. The van der Waals surface area contributed by atoms with Crippen molar-refractivity contribution in [2.45, 2.75) is 19.5 Å². The van der Waals surface area contributed by atoms with Gasteiger partial charge >= 0.3 is 0 Å². The average Bonchev–Trinajstić information content (AvgIpc) is 3.00. The van der Waals surface area contributed by atoms with Gasteiger partial charge in [-0.3, -0.25) is 0 Å². The van der Waals surface area contributed by atoms with Gasteiger partial charge in [-0.15, -0.1) is 0 Å². The number of hydrogen-bond donors (Lipinski definition) is 0. The molecule has 0 amide bonds. The van der Waals surface area contributed by atoms with E-state index in [4.69, 9.17) is 0 Å². The number of fused-ring (bicyclic) bond motifs is 6. The lowest BCUT2D eigenvalue weighted by Gasteiger charge is -2.19. The first-order valence-corrected chi connectivity index (χ1v) is 11.0. The zero-order chi connectivity index (χ0) is 14.9. The van der Waals surface area contributed by atoms with E-state index < -0.39 is 8.07 Å². The molecule has 0 aromatic heterocycles. The van der Waals surface area contributed by atoms with Crippen molar-refractivity contribution in [3.63, 3.8) is 0 Å². The van der Waals surface area contributed by atoms with E-state index in [0.29, 0.717) is 0 Å². The fraction of sp³-hybridized carbons (Fsp3) is 0.143. The number of benzene rings is 3.